The fraction of sp³-hybridized carbons (Fsp3) is 0.588. The van der Waals surface area contributed by atoms with Gasteiger partial charge in [-0.2, -0.15) is 0 Å². The zero-order chi connectivity index (χ0) is 17.8. The predicted octanol–water partition coefficient (Wildman–Crippen LogP) is 2.66. The normalized spacial score (nSPS) is 13.5. The molecule has 0 spiro atoms. The first-order valence-electron chi connectivity index (χ1n) is 7.82. The Hall–Kier alpha value is -1.56. The molecule has 0 aliphatic heterocycles. The van der Waals surface area contributed by atoms with Crippen molar-refractivity contribution in [3.63, 3.8) is 0 Å². The van der Waals surface area contributed by atoms with E-state index < -0.39 is 10.0 Å². The lowest BCUT2D eigenvalue weighted by Gasteiger charge is -2.24. The van der Waals surface area contributed by atoms with E-state index in [2.05, 4.69) is 26.1 Å². The number of nitrogens with zero attached hydrogens (tertiary/aromatic N) is 1. The Balaban J connectivity index is 3.02. The Morgan fingerprint density at radius 3 is 2.13 bits per heavy atom. The number of nitrogens with one attached hydrogen (secondary N) is 1. The molecule has 1 atom stereocenters. The molecule has 1 amide bonds. The topological polar surface area (TPSA) is 66.5 Å². The highest BCUT2D eigenvalue weighted by atomic mass is 32.2. The fourth-order valence-corrected chi connectivity index (χ4v) is 2.94. The van der Waals surface area contributed by atoms with Crippen molar-refractivity contribution in [2.45, 2.75) is 52.5 Å². The average molecular weight is 340 g/mol. The standard InChI is InChI=1S/C17H28N2O3S/c1-7-13(2)18-16(20)12-19(23(6,21)22)15-10-8-14(9-11-15)17(3,4)5/h8-11,13H,7,12H2,1-6H3,(H,18,20)/t13-/m0/s1. The minimum Gasteiger partial charge on any atom is -0.352 e. The van der Waals surface area contributed by atoms with Gasteiger partial charge in [0.2, 0.25) is 15.9 Å². The third kappa shape index (κ3) is 5.86. The van der Waals surface area contributed by atoms with Crippen LogP contribution in [-0.2, 0) is 20.2 Å². The van der Waals surface area contributed by atoms with E-state index in [0.29, 0.717) is 5.69 Å². The molecular weight excluding hydrogens is 312 g/mol. The number of sulfonamides is 1. The number of amides is 1. The molecule has 0 unspecified atom stereocenters. The Kier molecular flexibility index (Phi) is 6.22. The monoisotopic (exact) mass is 340 g/mol. The number of benzene rings is 1. The number of carbonyl (C=O) groups excluding carboxylic acids is 1. The highest BCUT2D eigenvalue weighted by Crippen LogP contribution is 2.25. The molecule has 1 N–H and O–H groups in total. The number of carbonyl (C=O) groups is 1. The lowest BCUT2D eigenvalue weighted by atomic mass is 9.87. The summed E-state index contributed by atoms with van der Waals surface area (Å²) in [6.07, 6.45) is 1.91. The summed E-state index contributed by atoms with van der Waals surface area (Å²) >= 11 is 0. The van der Waals surface area contributed by atoms with Crippen molar-refractivity contribution in [1.29, 1.82) is 0 Å². The third-order valence-electron chi connectivity index (χ3n) is 3.73. The van der Waals surface area contributed by atoms with Crippen molar-refractivity contribution >= 4 is 21.6 Å². The van der Waals surface area contributed by atoms with Gasteiger partial charge >= 0.3 is 0 Å². The van der Waals surface area contributed by atoms with Crippen LogP contribution >= 0.6 is 0 Å². The molecule has 0 saturated heterocycles. The number of hydrogen-bond donors (Lipinski definition) is 1. The molecule has 5 nitrogen and oxygen atoms in total. The van der Waals surface area contributed by atoms with Gasteiger partial charge in [0.05, 0.1) is 11.9 Å². The maximum atomic E-state index is 12.1. The van der Waals surface area contributed by atoms with Crippen LogP contribution in [0.3, 0.4) is 0 Å². The van der Waals surface area contributed by atoms with Gasteiger partial charge in [0, 0.05) is 6.04 Å². The van der Waals surface area contributed by atoms with Crippen LogP contribution in [0, 0.1) is 0 Å². The number of hydrogen-bond acceptors (Lipinski definition) is 3. The molecule has 1 aromatic rings. The second kappa shape index (κ2) is 7.34. The van der Waals surface area contributed by atoms with E-state index in [-0.39, 0.29) is 23.9 Å². The molecule has 23 heavy (non-hydrogen) atoms. The fourth-order valence-electron chi connectivity index (χ4n) is 2.08. The molecule has 1 aromatic carbocycles. The maximum Gasteiger partial charge on any atom is 0.240 e. The molecule has 0 aliphatic carbocycles. The van der Waals surface area contributed by atoms with Gasteiger partial charge in [0.25, 0.3) is 0 Å². The van der Waals surface area contributed by atoms with Crippen LogP contribution in [0.1, 0.15) is 46.6 Å². The van der Waals surface area contributed by atoms with E-state index >= 15 is 0 Å². The van der Waals surface area contributed by atoms with Gasteiger partial charge in [0.1, 0.15) is 6.54 Å². The molecule has 6 heteroatoms. The van der Waals surface area contributed by atoms with Gasteiger partial charge in [-0.3, -0.25) is 9.10 Å². The van der Waals surface area contributed by atoms with Crippen LogP contribution in [0.15, 0.2) is 24.3 Å². The van der Waals surface area contributed by atoms with E-state index in [1.165, 1.54) is 0 Å². The van der Waals surface area contributed by atoms with Crippen molar-refractivity contribution < 1.29 is 13.2 Å². The van der Waals surface area contributed by atoms with Crippen molar-refractivity contribution in [3.8, 4) is 0 Å². The lowest BCUT2D eigenvalue weighted by Crippen LogP contribution is -2.43. The average Bonchev–Trinajstić information content (AvgIpc) is 2.42. The molecule has 0 bridgehead atoms. The first kappa shape index (κ1) is 19.5. The quantitative estimate of drug-likeness (QED) is 0.866. The van der Waals surface area contributed by atoms with Crippen molar-refractivity contribution in [2.75, 3.05) is 17.1 Å². The van der Waals surface area contributed by atoms with Gasteiger partial charge in [0.15, 0.2) is 0 Å². The molecular formula is C17H28N2O3S. The maximum absolute atomic E-state index is 12.1. The largest absolute Gasteiger partial charge is 0.352 e. The zero-order valence-electron chi connectivity index (χ0n) is 14.9. The van der Waals surface area contributed by atoms with Crippen LogP contribution in [0.2, 0.25) is 0 Å². The highest BCUT2D eigenvalue weighted by Gasteiger charge is 2.22. The van der Waals surface area contributed by atoms with Gasteiger partial charge in [-0.15, -0.1) is 0 Å². The van der Waals surface area contributed by atoms with E-state index in [1.807, 2.05) is 26.0 Å². The second-order valence-corrected chi connectivity index (χ2v) is 8.85. The summed E-state index contributed by atoms with van der Waals surface area (Å²) in [5.74, 6) is -0.301. The highest BCUT2D eigenvalue weighted by molar-refractivity contribution is 7.92. The van der Waals surface area contributed by atoms with Gasteiger partial charge < -0.3 is 5.32 Å². The van der Waals surface area contributed by atoms with Crippen LogP contribution in [0.25, 0.3) is 0 Å². The SMILES string of the molecule is CC[C@H](C)NC(=O)CN(c1ccc(C(C)(C)C)cc1)S(C)(=O)=O. The van der Waals surface area contributed by atoms with Gasteiger partial charge in [-0.25, -0.2) is 8.42 Å². The van der Waals surface area contributed by atoms with Crippen LogP contribution in [-0.4, -0.2) is 33.2 Å². The minimum absolute atomic E-state index is 0.0115. The third-order valence-corrected chi connectivity index (χ3v) is 4.87. The number of anilines is 1. The van der Waals surface area contributed by atoms with Crippen molar-refractivity contribution in [1.82, 2.24) is 5.32 Å². The van der Waals surface area contributed by atoms with Crippen LogP contribution < -0.4 is 9.62 Å². The predicted molar refractivity (Wildman–Crippen MR) is 95.2 cm³/mol. The van der Waals surface area contributed by atoms with Gasteiger partial charge in [-0.05, 0) is 36.5 Å². The molecule has 0 fully saturated rings. The van der Waals surface area contributed by atoms with Crippen molar-refractivity contribution in [2.24, 2.45) is 0 Å². The summed E-state index contributed by atoms with van der Waals surface area (Å²) in [6.45, 7) is 9.92. The van der Waals surface area contributed by atoms with Crippen LogP contribution in [0.4, 0.5) is 5.69 Å². The smallest absolute Gasteiger partial charge is 0.240 e. The molecule has 130 valence electrons. The zero-order valence-corrected chi connectivity index (χ0v) is 15.7. The molecule has 0 saturated carbocycles. The lowest BCUT2D eigenvalue weighted by molar-refractivity contribution is -0.120. The molecule has 0 aliphatic rings. The Morgan fingerprint density at radius 2 is 1.74 bits per heavy atom. The Morgan fingerprint density at radius 1 is 1.22 bits per heavy atom. The summed E-state index contributed by atoms with van der Waals surface area (Å²) in [7, 11) is -3.53. The first-order valence-corrected chi connectivity index (χ1v) is 9.67. The van der Waals surface area contributed by atoms with E-state index in [9.17, 15) is 13.2 Å². The van der Waals surface area contributed by atoms with E-state index in [1.54, 1.807) is 12.1 Å². The Labute approximate surface area is 140 Å². The molecule has 0 aromatic heterocycles. The summed E-state index contributed by atoms with van der Waals surface area (Å²) in [5, 5.41) is 2.79. The Bertz CT molecular complexity index is 631. The summed E-state index contributed by atoms with van der Waals surface area (Å²) in [4.78, 5) is 12.1. The summed E-state index contributed by atoms with van der Waals surface area (Å²) in [5.41, 5.74) is 1.60. The van der Waals surface area contributed by atoms with Gasteiger partial charge in [-0.1, -0.05) is 39.8 Å². The summed E-state index contributed by atoms with van der Waals surface area (Å²) < 4.78 is 25.2. The minimum atomic E-state index is -3.53. The molecule has 0 radical (unpaired) electrons. The molecule has 0 heterocycles. The molecule has 1 rings (SSSR count). The van der Waals surface area contributed by atoms with Crippen LogP contribution in [0.5, 0.6) is 0 Å². The summed E-state index contributed by atoms with van der Waals surface area (Å²) in [6, 6.07) is 7.32. The van der Waals surface area contributed by atoms with E-state index in [4.69, 9.17) is 0 Å². The van der Waals surface area contributed by atoms with Crippen molar-refractivity contribution in [3.05, 3.63) is 29.8 Å². The second-order valence-electron chi connectivity index (χ2n) is 6.94. The van der Waals surface area contributed by atoms with E-state index in [0.717, 1.165) is 22.5 Å². The first-order chi connectivity index (χ1) is 10.4. The number of rotatable bonds is 6.